The van der Waals surface area contributed by atoms with Gasteiger partial charge in [-0.05, 0) is 188 Å². The molecular formula is C119H210O18. The minimum absolute atomic E-state index is 0. The molecule has 7 aromatic carbocycles. The maximum Gasteiger partial charge on any atom is 0.314 e. The zero-order valence-corrected chi connectivity index (χ0v) is 72.7. The van der Waals surface area contributed by atoms with Crippen LogP contribution in [0, 0.1) is 36.0 Å². The molecule has 0 aliphatic carbocycles. The fourth-order valence-electron chi connectivity index (χ4n) is 14.2. The molecule has 0 bridgehead atoms. The van der Waals surface area contributed by atoms with Gasteiger partial charge in [0.05, 0.1) is 102 Å². The Morgan fingerprint density at radius 1 is 0.358 bits per heavy atom. The molecule has 1 N–H and O–H groups in total. The number of carbonyl (C=O) groups is 4. The van der Waals surface area contributed by atoms with E-state index in [1.807, 2.05) is 52.0 Å². The minimum atomic E-state index is -0.489. The van der Waals surface area contributed by atoms with Gasteiger partial charge in [0.15, 0.2) is 0 Å². The lowest BCUT2D eigenvalue weighted by Gasteiger charge is -2.32. The third-order valence-corrected chi connectivity index (χ3v) is 23.2. The van der Waals surface area contributed by atoms with Crippen LogP contribution in [0.1, 0.15) is 374 Å². The Kier molecular flexibility index (Phi) is 85.9. The molecule has 6 fully saturated rings. The fraction of sp³-hybridized carbons (Fsp3) is 0.613. The SMILES string of the molecule is C.C.C.C.C.C.C.C.C.C.C.C.C.C.C.C.C.C.C.CCC(C)(CC(C)C)C(=O)OCC1CO1.CCC(C)c1ccc(COCC2CO2)cc1.CCC(CC(C)C(=O)Oc1ccc(C(C)(c2ccc(C)cc2)c2ccc(O)cc2)cc1)C(=O)OCC1CO1.CCC(CC(C)c1ccc(COCC2CO2)cc1)C(=O)OCC1CO1.CCC(CC(C)c1ccc(COCC2CO2)cc1)c1ccccc1. The summed E-state index contributed by atoms with van der Waals surface area (Å²) in [5.74, 6) is 1.59. The van der Waals surface area contributed by atoms with Crippen LogP contribution in [0.4, 0.5) is 0 Å². The molecule has 15 atom stereocenters. The van der Waals surface area contributed by atoms with Crippen molar-refractivity contribution in [2.45, 2.75) is 381 Å². The largest absolute Gasteiger partial charge is 0.508 e. The van der Waals surface area contributed by atoms with Crippen molar-refractivity contribution in [2.75, 3.05) is 79.3 Å². The second-order valence-corrected chi connectivity index (χ2v) is 33.8. The van der Waals surface area contributed by atoms with Crippen LogP contribution in [-0.2, 0) is 101 Å². The minimum Gasteiger partial charge on any atom is -0.508 e. The van der Waals surface area contributed by atoms with Gasteiger partial charge < -0.3 is 66.7 Å². The molecule has 137 heavy (non-hydrogen) atoms. The Balaban J connectivity index is -0.000000161. The van der Waals surface area contributed by atoms with Crippen molar-refractivity contribution in [3.05, 3.63) is 237 Å². The van der Waals surface area contributed by atoms with Crippen LogP contribution in [0.25, 0.3) is 0 Å². The molecule has 6 aliphatic heterocycles. The molecule has 6 heterocycles. The number of rotatable bonds is 43. The Morgan fingerprint density at radius 3 is 1.01 bits per heavy atom. The smallest absolute Gasteiger partial charge is 0.314 e. The van der Waals surface area contributed by atoms with Gasteiger partial charge in [-0.3, -0.25) is 19.2 Å². The third-order valence-electron chi connectivity index (χ3n) is 23.2. The Morgan fingerprint density at radius 2 is 0.679 bits per heavy atom. The average Bonchev–Trinajstić information content (AvgIpc) is 1.70. The van der Waals surface area contributed by atoms with Gasteiger partial charge in [-0.15, -0.1) is 0 Å². The topological polar surface area (TPSA) is 228 Å². The van der Waals surface area contributed by atoms with Gasteiger partial charge in [0.2, 0.25) is 0 Å². The Labute approximate surface area is 843 Å². The van der Waals surface area contributed by atoms with Crippen LogP contribution in [0.5, 0.6) is 11.5 Å². The van der Waals surface area contributed by atoms with Gasteiger partial charge in [-0.1, -0.05) is 374 Å². The molecule has 0 radical (unpaired) electrons. The molecule has 0 saturated carbocycles. The first kappa shape index (κ1) is 152. The summed E-state index contributed by atoms with van der Waals surface area (Å²) >= 11 is 0. The fourth-order valence-corrected chi connectivity index (χ4v) is 14.2. The molecule has 6 saturated heterocycles. The summed E-state index contributed by atoms with van der Waals surface area (Å²) in [6.07, 6.45) is 9.13. The van der Waals surface area contributed by atoms with Crippen molar-refractivity contribution in [1.82, 2.24) is 0 Å². The summed E-state index contributed by atoms with van der Waals surface area (Å²) in [6.45, 7) is 39.3. The first-order valence-corrected chi connectivity index (χ1v) is 43.3. The zero-order chi connectivity index (χ0) is 84.6. The van der Waals surface area contributed by atoms with E-state index in [9.17, 15) is 24.3 Å². The van der Waals surface area contributed by atoms with E-state index in [1.54, 1.807) is 31.2 Å². The second-order valence-electron chi connectivity index (χ2n) is 33.8. The predicted molar refractivity (Wildman–Crippen MR) is 588 cm³/mol. The van der Waals surface area contributed by atoms with Crippen LogP contribution in [0.3, 0.4) is 0 Å². The number of benzene rings is 7. The van der Waals surface area contributed by atoms with Crippen molar-refractivity contribution in [1.29, 1.82) is 0 Å². The van der Waals surface area contributed by atoms with E-state index in [1.165, 1.54) is 58.2 Å². The van der Waals surface area contributed by atoms with Crippen molar-refractivity contribution >= 4 is 23.9 Å². The summed E-state index contributed by atoms with van der Waals surface area (Å²) in [5.41, 5.74) is 12.7. The van der Waals surface area contributed by atoms with Crippen LogP contribution in [-0.4, -0.2) is 145 Å². The number of epoxide rings is 6. The Hall–Kier alpha value is -8.14. The number of hydrogen-bond donors (Lipinski definition) is 1. The first-order chi connectivity index (χ1) is 56.9. The molecule has 0 aromatic heterocycles. The van der Waals surface area contributed by atoms with Crippen molar-refractivity contribution in [3.63, 3.8) is 0 Å². The van der Waals surface area contributed by atoms with Gasteiger partial charge in [0.25, 0.3) is 0 Å². The van der Waals surface area contributed by atoms with Crippen molar-refractivity contribution in [2.24, 2.45) is 29.1 Å². The standard InChI is InChI=1S/C32H36O6.C22H28O2.C20H28O5.C14H20O2.C12H22O3.19CH4/c1-5-23(31(35)37-20-29-19-36-29)18-22(3)30(34)38-28-16-12-26(13-17-28)32(4,24-8-6-21(2)7-9-24)25-10-14-27(33)15-11-25;1-3-19(21-7-5-4-6-8-21)13-17(2)20-11-9-18(10-12-20)14-23-15-22-16-24-22;1-3-16(20(21)25-13-19-12-24-19)8-14(2)17-6-4-15(5-7-17)9-22-10-18-11-23-18;1-3-11(2)13-6-4-12(5-7-13)8-15-9-14-10-16-14;1-5-12(4,6-9(2)3)11(13)15-8-10-7-14-10;;;;;;;;;;;;;;;;;;;/h6-17,22-23,29,33H,5,18-20H2,1-4H3;4-12,17,19,22H,3,13-16H2,1-2H3;4-7,14,16,18-19H,3,8-13H2,1-2H3;4-7,11,14H,3,8-10H2,1-2H3;9-10H,5-8H2,1-4H3;19*1H4. The van der Waals surface area contributed by atoms with Crippen LogP contribution in [0.2, 0.25) is 0 Å². The van der Waals surface area contributed by atoms with E-state index in [0.717, 1.165) is 81.0 Å². The van der Waals surface area contributed by atoms with E-state index in [0.29, 0.717) is 126 Å². The average molecular weight is 1930 g/mol. The Bertz CT molecular complexity index is 4010. The molecule has 13 rings (SSSR count). The number of hydrogen-bond acceptors (Lipinski definition) is 18. The van der Waals surface area contributed by atoms with Gasteiger partial charge >= 0.3 is 23.9 Å². The van der Waals surface area contributed by atoms with Crippen molar-refractivity contribution < 1.29 is 85.9 Å². The highest BCUT2D eigenvalue weighted by molar-refractivity contribution is 5.78. The lowest BCUT2D eigenvalue weighted by Crippen LogP contribution is -2.31. The van der Waals surface area contributed by atoms with E-state index in [2.05, 4.69) is 190 Å². The van der Waals surface area contributed by atoms with Gasteiger partial charge in [-0.2, -0.15) is 0 Å². The highest BCUT2D eigenvalue weighted by atomic mass is 16.6. The molecule has 794 valence electrons. The van der Waals surface area contributed by atoms with Crippen LogP contribution < -0.4 is 4.74 Å². The molecular weight excluding hydrogens is 1720 g/mol. The van der Waals surface area contributed by atoms with Crippen molar-refractivity contribution in [3.8, 4) is 11.5 Å². The zero-order valence-electron chi connectivity index (χ0n) is 72.7. The summed E-state index contributed by atoms with van der Waals surface area (Å²) in [7, 11) is 0. The summed E-state index contributed by atoms with van der Waals surface area (Å²) in [4.78, 5) is 49.3. The summed E-state index contributed by atoms with van der Waals surface area (Å²) < 4.78 is 69.0. The molecule has 18 heteroatoms. The molecule has 0 amide bonds. The monoisotopic (exact) mass is 1930 g/mol. The van der Waals surface area contributed by atoms with E-state index < -0.39 is 11.3 Å². The first-order valence-electron chi connectivity index (χ1n) is 43.3. The second kappa shape index (κ2) is 77.6. The molecule has 0 spiro atoms. The maximum absolute atomic E-state index is 12.8. The van der Waals surface area contributed by atoms with E-state index in [4.69, 9.17) is 61.6 Å². The maximum atomic E-state index is 12.8. The number of ether oxygens (including phenoxy) is 13. The van der Waals surface area contributed by atoms with E-state index >= 15 is 0 Å². The van der Waals surface area contributed by atoms with Gasteiger partial charge in [0.1, 0.15) is 67.9 Å². The number of phenols is 1. The quantitative estimate of drug-likeness (QED) is 0.0123. The molecule has 6 aliphatic rings. The lowest BCUT2D eigenvalue weighted by atomic mass is 9.71. The van der Waals surface area contributed by atoms with Crippen LogP contribution >= 0.6 is 0 Å². The molecule has 7 aromatic rings. The summed E-state index contributed by atoms with van der Waals surface area (Å²) in [6, 6.07) is 60.2. The summed E-state index contributed by atoms with van der Waals surface area (Å²) in [5, 5.41) is 9.84. The lowest BCUT2D eigenvalue weighted by molar-refractivity contribution is -0.157. The predicted octanol–water partition coefficient (Wildman–Crippen LogP) is 31.9. The van der Waals surface area contributed by atoms with Gasteiger partial charge in [-0.25, -0.2) is 0 Å². The highest BCUT2D eigenvalue weighted by Crippen LogP contribution is 2.41. The van der Waals surface area contributed by atoms with Gasteiger partial charge in [0, 0.05) is 5.41 Å². The molecule has 15 unspecified atom stereocenters. The van der Waals surface area contributed by atoms with Crippen LogP contribution in [0.15, 0.2) is 176 Å². The number of aromatic hydroxyl groups is 1. The third kappa shape index (κ3) is 53.3. The number of esters is 4. The number of carbonyl (C=O) groups excluding carboxylic acids is 4. The molecule has 18 nitrogen and oxygen atoms in total. The highest BCUT2D eigenvalue weighted by Gasteiger charge is 2.37. The number of aryl methyl sites for hydroxylation is 1. The van der Waals surface area contributed by atoms with E-state index in [-0.39, 0.29) is 213 Å². The normalized spacial score (nSPS) is 17.6. The number of phenolic OH excluding ortho intramolecular Hbond substituents is 1.